The first kappa shape index (κ1) is 37.8. The second-order valence-electron chi connectivity index (χ2n) is 16.4. The molecule has 302 valence electrons. The van der Waals surface area contributed by atoms with Crippen LogP contribution in [0.5, 0.6) is 0 Å². The quantitative estimate of drug-likeness (QED) is 0.134. The normalized spacial score (nSPS) is 21.6. The van der Waals surface area contributed by atoms with Crippen LogP contribution in [-0.2, 0) is 9.59 Å². The summed E-state index contributed by atoms with van der Waals surface area (Å²) in [6.45, 7) is 10.1. The van der Waals surface area contributed by atoms with E-state index in [9.17, 15) is 29.3 Å². The van der Waals surface area contributed by atoms with Gasteiger partial charge in [0.1, 0.15) is 17.6 Å². The number of hydrogen-bond acceptors (Lipinski definition) is 12. The highest BCUT2D eigenvalue weighted by Crippen LogP contribution is 2.34. The maximum atomic E-state index is 13.3. The molecule has 9 rings (SSSR count). The third-order valence-electron chi connectivity index (χ3n) is 13.0. The van der Waals surface area contributed by atoms with Gasteiger partial charge >= 0.3 is 0 Å². The number of nitro groups is 1. The number of carbonyl (C=O) groups is 4. The fourth-order valence-electron chi connectivity index (χ4n) is 9.49. The molecular weight excluding hydrogens is 741 g/mol. The molecule has 0 bridgehead atoms. The summed E-state index contributed by atoms with van der Waals surface area (Å²) in [7, 11) is 0. The lowest BCUT2D eigenvalue weighted by Gasteiger charge is -2.39. The van der Waals surface area contributed by atoms with Crippen LogP contribution in [0.1, 0.15) is 65.7 Å². The summed E-state index contributed by atoms with van der Waals surface area (Å²) < 4.78 is 0. The van der Waals surface area contributed by atoms with Gasteiger partial charge in [-0.1, -0.05) is 0 Å². The Hall–Kier alpha value is -5.74. The number of fused-ring (bicyclic) bond motifs is 2. The minimum Gasteiger partial charge on any atom is -0.371 e. The van der Waals surface area contributed by atoms with Crippen LogP contribution in [0.3, 0.4) is 0 Å². The van der Waals surface area contributed by atoms with Gasteiger partial charge < -0.3 is 14.7 Å². The van der Waals surface area contributed by atoms with E-state index in [0.717, 1.165) is 117 Å². The summed E-state index contributed by atoms with van der Waals surface area (Å²) in [5, 5.41) is 21.8. The molecule has 4 aromatic rings. The lowest BCUT2D eigenvalue weighted by Crippen LogP contribution is -2.54. The van der Waals surface area contributed by atoms with Crippen molar-refractivity contribution in [2.75, 3.05) is 75.2 Å². The molecule has 16 heteroatoms. The van der Waals surface area contributed by atoms with Crippen molar-refractivity contribution in [3.05, 3.63) is 76.0 Å². The Morgan fingerprint density at radius 1 is 0.759 bits per heavy atom. The van der Waals surface area contributed by atoms with Gasteiger partial charge in [-0.05, 0) is 106 Å². The summed E-state index contributed by atoms with van der Waals surface area (Å²) in [5.74, 6) is 0.352. The maximum Gasteiger partial charge on any atom is 0.270 e. The average Bonchev–Trinajstić information content (AvgIpc) is 3.78. The molecule has 2 aromatic heterocycles. The van der Waals surface area contributed by atoms with Crippen LogP contribution in [0.15, 0.2) is 54.7 Å². The van der Waals surface area contributed by atoms with Gasteiger partial charge in [0.25, 0.3) is 17.5 Å². The van der Waals surface area contributed by atoms with Gasteiger partial charge in [-0.25, -0.2) is 4.98 Å². The average molecular weight is 789 g/mol. The zero-order valence-corrected chi connectivity index (χ0v) is 32.5. The van der Waals surface area contributed by atoms with Crippen molar-refractivity contribution in [3.8, 4) is 11.3 Å². The largest absolute Gasteiger partial charge is 0.371 e. The van der Waals surface area contributed by atoms with E-state index < -0.39 is 23.8 Å². The van der Waals surface area contributed by atoms with Crippen molar-refractivity contribution in [1.82, 2.24) is 35.2 Å². The Kier molecular flexibility index (Phi) is 10.4. The number of nitrogens with zero attached hydrogens (tertiary/aromatic N) is 8. The number of aromatic nitrogens is 3. The summed E-state index contributed by atoms with van der Waals surface area (Å²) in [6.07, 6.45) is 7.87. The Morgan fingerprint density at radius 3 is 2.28 bits per heavy atom. The maximum absolute atomic E-state index is 13.3. The Bertz CT molecular complexity index is 2250. The predicted molar refractivity (Wildman–Crippen MR) is 216 cm³/mol. The number of aromatic amines is 1. The minimum atomic E-state index is -0.958. The topological polar surface area (TPSA) is 181 Å². The monoisotopic (exact) mass is 788 g/mol. The van der Waals surface area contributed by atoms with Crippen molar-refractivity contribution in [2.24, 2.45) is 11.8 Å². The van der Waals surface area contributed by atoms with Gasteiger partial charge in [-0.15, -0.1) is 0 Å². The van der Waals surface area contributed by atoms with Gasteiger partial charge in [-0.2, -0.15) is 5.10 Å². The molecule has 5 aliphatic rings. The SMILES string of the molecule is O=C1CCC(N2C(=O)c3ccc(N4CCC(CN5CCC(CCN6CCN(c7cc(-c8n[nH]c9ccc([N+](=O)[O-])cc89)ccn7)CC6)CC5)CC4)cc3C2=O)C(=O)N1. The first-order valence-electron chi connectivity index (χ1n) is 20.6. The highest BCUT2D eigenvalue weighted by molar-refractivity contribution is 6.23. The number of non-ortho nitro benzene ring substituents is 1. The third-order valence-corrected chi connectivity index (χ3v) is 13.0. The van der Waals surface area contributed by atoms with Crippen LogP contribution in [-0.4, -0.2) is 130 Å². The fraction of sp³-hybridized carbons (Fsp3) is 0.476. The van der Waals surface area contributed by atoms with Crippen molar-refractivity contribution in [2.45, 2.75) is 51.0 Å². The third kappa shape index (κ3) is 7.53. The van der Waals surface area contributed by atoms with E-state index in [1.165, 1.54) is 25.3 Å². The van der Waals surface area contributed by atoms with E-state index in [-0.39, 0.29) is 29.4 Å². The number of nitrogens with one attached hydrogen (secondary N) is 2. The van der Waals surface area contributed by atoms with Crippen molar-refractivity contribution in [3.63, 3.8) is 0 Å². The molecule has 2 aromatic carbocycles. The number of pyridine rings is 1. The minimum absolute atomic E-state index is 0.0414. The molecule has 0 saturated carbocycles. The van der Waals surface area contributed by atoms with Gasteiger partial charge in [0.05, 0.1) is 21.6 Å². The second kappa shape index (κ2) is 15.9. The molecular formula is C42H48N10O6. The Morgan fingerprint density at radius 2 is 1.52 bits per heavy atom. The number of piperidine rings is 3. The highest BCUT2D eigenvalue weighted by atomic mass is 16.6. The lowest BCUT2D eigenvalue weighted by molar-refractivity contribution is -0.384. The molecule has 4 amide bonds. The van der Waals surface area contributed by atoms with E-state index in [2.05, 4.69) is 40.1 Å². The van der Waals surface area contributed by atoms with Crippen molar-refractivity contribution in [1.29, 1.82) is 0 Å². The van der Waals surface area contributed by atoms with E-state index in [0.29, 0.717) is 22.7 Å². The van der Waals surface area contributed by atoms with Crippen LogP contribution in [0.2, 0.25) is 0 Å². The predicted octanol–water partition coefficient (Wildman–Crippen LogP) is 4.08. The van der Waals surface area contributed by atoms with E-state index in [4.69, 9.17) is 0 Å². The first-order chi connectivity index (χ1) is 28.2. The standard InChI is InChI=1S/C42H48N10O6/c53-38-6-5-36(40(54)44-38)51-41(55)32-3-1-30(24-33(32)42(51)56)49-17-11-28(12-18-49)26-48-15-9-27(10-16-48)8-14-47-19-21-50(22-20-47)37-23-29(7-13-43-37)39-34-25-31(52(57)58)2-4-35(34)45-46-39/h1-4,7,13,23-25,27-28,36H,5-6,8-12,14-22,26H2,(H,45,46)(H,44,53,54). The molecule has 2 N–H and O–H groups in total. The lowest BCUT2D eigenvalue weighted by atomic mass is 9.90. The number of H-pyrrole nitrogens is 1. The Labute approximate surface area is 335 Å². The van der Waals surface area contributed by atoms with Gasteiger partial charge in [-0.3, -0.25) is 49.5 Å². The van der Waals surface area contributed by atoms with E-state index in [1.54, 1.807) is 30.5 Å². The number of carbonyl (C=O) groups excluding carboxylic acids is 4. The van der Waals surface area contributed by atoms with Gasteiger partial charge in [0.15, 0.2) is 0 Å². The van der Waals surface area contributed by atoms with Crippen LogP contribution in [0, 0.1) is 22.0 Å². The van der Waals surface area contributed by atoms with Crippen LogP contribution < -0.4 is 15.1 Å². The molecule has 0 spiro atoms. The number of hydrogen-bond donors (Lipinski definition) is 2. The summed E-state index contributed by atoms with van der Waals surface area (Å²) >= 11 is 0. The smallest absolute Gasteiger partial charge is 0.270 e. The fourth-order valence-corrected chi connectivity index (χ4v) is 9.49. The second-order valence-corrected chi connectivity index (χ2v) is 16.4. The summed E-state index contributed by atoms with van der Waals surface area (Å²) in [6, 6.07) is 13.1. The number of likely N-dealkylation sites (tertiary alicyclic amines) is 1. The number of imide groups is 2. The van der Waals surface area contributed by atoms with Crippen molar-refractivity contribution < 1.29 is 24.1 Å². The first-order valence-corrected chi connectivity index (χ1v) is 20.6. The number of nitro benzene ring substituents is 1. The molecule has 1 atom stereocenters. The molecule has 58 heavy (non-hydrogen) atoms. The number of anilines is 2. The van der Waals surface area contributed by atoms with Crippen LogP contribution >= 0.6 is 0 Å². The molecule has 4 saturated heterocycles. The summed E-state index contributed by atoms with van der Waals surface area (Å²) in [4.78, 5) is 77.0. The van der Waals surface area contributed by atoms with Gasteiger partial charge in [0, 0.05) is 87.2 Å². The molecule has 0 radical (unpaired) electrons. The van der Waals surface area contributed by atoms with Crippen molar-refractivity contribution >= 4 is 51.7 Å². The number of amides is 4. The number of piperazine rings is 1. The number of benzene rings is 2. The molecule has 0 aliphatic carbocycles. The van der Waals surface area contributed by atoms with Gasteiger partial charge in [0.2, 0.25) is 11.8 Å². The van der Waals surface area contributed by atoms with Crippen LogP contribution in [0.25, 0.3) is 22.2 Å². The molecule has 5 aliphatic heterocycles. The van der Waals surface area contributed by atoms with E-state index >= 15 is 0 Å². The Balaban J connectivity index is 0.697. The van der Waals surface area contributed by atoms with E-state index in [1.807, 2.05) is 18.2 Å². The zero-order chi connectivity index (χ0) is 39.9. The van der Waals surface area contributed by atoms with Crippen LogP contribution in [0.4, 0.5) is 17.2 Å². The highest BCUT2D eigenvalue weighted by Gasteiger charge is 2.45. The molecule has 7 heterocycles. The number of rotatable bonds is 10. The molecule has 4 fully saturated rings. The molecule has 16 nitrogen and oxygen atoms in total. The molecule has 1 unspecified atom stereocenters. The zero-order valence-electron chi connectivity index (χ0n) is 32.5. The summed E-state index contributed by atoms with van der Waals surface area (Å²) in [5.41, 5.74) is 3.94.